The third kappa shape index (κ3) is 2.43. The summed E-state index contributed by atoms with van der Waals surface area (Å²) >= 11 is 0. The molecule has 0 saturated carbocycles. The zero-order valence-corrected chi connectivity index (χ0v) is 11.7. The van der Waals surface area contributed by atoms with Gasteiger partial charge in [0.15, 0.2) is 17.3 Å². The van der Waals surface area contributed by atoms with Crippen LogP contribution in [0.1, 0.15) is 0 Å². The lowest BCUT2D eigenvalue weighted by atomic mass is 10.2. The van der Waals surface area contributed by atoms with E-state index in [1.165, 1.54) is 0 Å². The first kappa shape index (κ1) is 13.1. The average Bonchev–Trinajstić information content (AvgIpc) is 3.08. The number of pyridine rings is 2. The third-order valence-electron chi connectivity index (χ3n) is 3.00. The summed E-state index contributed by atoms with van der Waals surface area (Å²) in [4.78, 5) is 8.93. The average molecular weight is 282 g/mol. The summed E-state index contributed by atoms with van der Waals surface area (Å²) < 4.78 is 12.5. The molecule has 3 rings (SSSR count). The van der Waals surface area contributed by atoms with Gasteiger partial charge in [-0.1, -0.05) is 6.07 Å². The largest absolute Gasteiger partial charge is 0.493 e. The Hall–Kier alpha value is -2.89. The quantitative estimate of drug-likeness (QED) is 0.735. The molecule has 0 N–H and O–H groups in total. The summed E-state index contributed by atoms with van der Waals surface area (Å²) in [5, 5.41) is 4.19. The SMILES string of the molecule is COc1cc(-n2cccn2)nc(-c2ccccn2)c1OC. The van der Waals surface area contributed by atoms with Crippen LogP contribution in [0.25, 0.3) is 17.2 Å². The minimum Gasteiger partial charge on any atom is -0.493 e. The lowest BCUT2D eigenvalue weighted by Crippen LogP contribution is -2.03. The Balaban J connectivity index is 2.23. The highest BCUT2D eigenvalue weighted by Gasteiger charge is 2.17. The first-order chi connectivity index (χ1) is 10.3. The summed E-state index contributed by atoms with van der Waals surface area (Å²) in [6.45, 7) is 0. The fourth-order valence-corrected chi connectivity index (χ4v) is 2.04. The van der Waals surface area contributed by atoms with Gasteiger partial charge in [-0.15, -0.1) is 0 Å². The Morgan fingerprint density at radius 3 is 2.57 bits per heavy atom. The minimum absolute atomic E-state index is 0.548. The van der Waals surface area contributed by atoms with Crippen LogP contribution in [0.3, 0.4) is 0 Å². The number of rotatable bonds is 4. The molecule has 0 radical (unpaired) electrons. The van der Waals surface area contributed by atoms with E-state index in [-0.39, 0.29) is 0 Å². The Morgan fingerprint density at radius 1 is 1.05 bits per heavy atom. The zero-order chi connectivity index (χ0) is 14.7. The zero-order valence-electron chi connectivity index (χ0n) is 11.7. The standard InChI is InChI=1S/C15H14N4O2/c1-20-12-10-13(19-9-5-8-17-19)18-14(15(12)21-2)11-6-3-4-7-16-11/h3-10H,1-2H3. The predicted octanol–water partition coefficient (Wildman–Crippen LogP) is 2.35. The molecule has 21 heavy (non-hydrogen) atoms. The van der Waals surface area contributed by atoms with Gasteiger partial charge in [-0.3, -0.25) is 4.98 Å². The van der Waals surface area contributed by atoms with E-state index in [0.717, 1.165) is 0 Å². The van der Waals surface area contributed by atoms with Crippen LogP contribution in [-0.4, -0.2) is 34.0 Å². The smallest absolute Gasteiger partial charge is 0.188 e. The molecule has 0 unspecified atom stereocenters. The summed E-state index contributed by atoms with van der Waals surface area (Å²) in [5.41, 5.74) is 1.32. The first-order valence-electron chi connectivity index (χ1n) is 6.38. The van der Waals surface area contributed by atoms with Crippen LogP contribution in [0.4, 0.5) is 0 Å². The van der Waals surface area contributed by atoms with Crippen molar-refractivity contribution in [1.29, 1.82) is 0 Å². The number of aromatic nitrogens is 4. The number of ether oxygens (including phenoxy) is 2. The van der Waals surface area contributed by atoms with Crippen LogP contribution >= 0.6 is 0 Å². The normalized spacial score (nSPS) is 10.4. The van der Waals surface area contributed by atoms with Crippen molar-refractivity contribution < 1.29 is 9.47 Å². The van der Waals surface area contributed by atoms with Crippen LogP contribution in [0.5, 0.6) is 11.5 Å². The lowest BCUT2D eigenvalue weighted by Gasteiger charge is -2.13. The van der Waals surface area contributed by atoms with Crippen molar-refractivity contribution in [1.82, 2.24) is 19.7 Å². The summed E-state index contributed by atoms with van der Waals surface area (Å²) in [5.74, 6) is 1.77. The van der Waals surface area contributed by atoms with Crippen molar-refractivity contribution in [3.8, 4) is 28.7 Å². The number of hydrogen-bond acceptors (Lipinski definition) is 5. The first-order valence-corrected chi connectivity index (χ1v) is 6.38. The van der Waals surface area contributed by atoms with E-state index in [4.69, 9.17) is 9.47 Å². The van der Waals surface area contributed by atoms with E-state index >= 15 is 0 Å². The number of methoxy groups -OCH3 is 2. The topological polar surface area (TPSA) is 62.1 Å². The van der Waals surface area contributed by atoms with E-state index in [1.807, 2.05) is 30.5 Å². The Labute approximate surface area is 122 Å². The number of hydrogen-bond donors (Lipinski definition) is 0. The highest BCUT2D eigenvalue weighted by Crippen LogP contribution is 2.36. The number of nitrogens with zero attached hydrogens (tertiary/aromatic N) is 4. The molecule has 0 amide bonds. The van der Waals surface area contributed by atoms with Gasteiger partial charge in [0, 0.05) is 24.7 Å². The second-order valence-electron chi connectivity index (χ2n) is 4.23. The van der Waals surface area contributed by atoms with Crippen molar-refractivity contribution in [2.45, 2.75) is 0 Å². The van der Waals surface area contributed by atoms with E-state index < -0.39 is 0 Å². The van der Waals surface area contributed by atoms with E-state index in [0.29, 0.717) is 28.7 Å². The van der Waals surface area contributed by atoms with Crippen LogP contribution in [0.15, 0.2) is 48.9 Å². The molecular weight excluding hydrogens is 268 g/mol. The van der Waals surface area contributed by atoms with Crippen molar-refractivity contribution in [3.05, 3.63) is 48.9 Å². The van der Waals surface area contributed by atoms with Crippen molar-refractivity contribution in [2.24, 2.45) is 0 Å². The van der Waals surface area contributed by atoms with Gasteiger partial charge >= 0.3 is 0 Å². The molecule has 0 aliphatic carbocycles. The fraction of sp³-hybridized carbons (Fsp3) is 0.133. The molecule has 0 atom stereocenters. The molecule has 6 heteroatoms. The second kappa shape index (κ2) is 5.62. The molecule has 3 heterocycles. The molecule has 0 fully saturated rings. The molecular formula is C15H14N4O2. The second-order valence-corrected chi connectivity index (χ2v) is 4.23. The Kier molecular flexibility index (Phi) is 3.51. The van der Waals surface area contributed by atoms with Crippen LogP contribution in [0.2, 0.25) is 0 Å². The van der Waals surface area contributed by atoms with Gasteiger partial charge in [0.25, 0.3) is 0 Å². The highest BCUT2D eigenvalue weighted by atomic mass is 16.5. The molecule has 3 aromatic rings. The third-order valence-corrected chi connectivity index (χ3v) is 3.00. The Morgan fingerprint density at radius 2 is 1.95 bits per heavy atom. The summed E-state index contributed by atoms with van der Waals surface area (Å²) in [7, 11) is 3.17. The van der Waals surface area contributed by atoms with Crippen LogP contribution in [0, 0.1) is 0 Å². The lowest BCUT2D eigenvalue weighted by molar-refractivity contribution is 0.354. The maximum atomic E-state index is 5.44. The van der Waals surface area contributed by atoms with Gasteiger partial charge in [0.2, 0.25) is 0 Å². The molecule has 106 valence electrons. The summed E-state index contributed by atoms with van der Waals surface area (Å²) in [6.07, 6.45) is 5.22. The van der Waals surface area contributed by atoms with E-state index in [9.17, 15) is 0 Å². The van der Waals surface area contributed by atoms with Crippen LogP contribution in [-0.2, 0) is 0 Å². The molecule has 0 saturated heterocycles. The van der Waals surface area contributed by atoms with Crippen LogP contribution < -0.4 is 9.47 Å². The molecule has 3 aromatic heterocycles. The maximum Gasteiger partial charge on any atom is 0.188 e. The van der Waals surface area contributed by atoms with Gasteiger partial charge in [-0.2, -0.15) is 5.10 Å². The monoisotopic (exact) mass is 282 g/mol. The van der Waals surface area contributed by atoms with Crippen molar-refractivity contribution in [2.75, 3.05) is 14.2 Å². The van der Waals surface area contributed by atoms with Gasteiger partial charge < -0.3 is 9.47 Å². The fourth-order valence-electron chi connectivity index (χ4n) is 2.04. The minimum atomic E-state index is 0.548. The van der Waals surface area contributed by atoms with Crippen molar-refractivity contribution in [3.63, 3.8) is 0 Å². The van der Waals surface area contributed by atoms with Gasteiger partial charge in [0.1, 0.15) is 5.69 Å². The van der Waals surface area contributed by atoms with Gasteiger partial charge in [0.05, 0.1) is 19.9 Å². The molecule has 0 aliphatic rings. The summed E-state index contributed by atoms with van der Waals surface area (Å²) in [6, 6.07) is 9.23. The van der Waals surface area contributed by atoms with Crippen molar-refractivity contribution >= 4 is 0 Å². The van der Waals surface area contributed by atoms with E-state index in [1.54, 1.807) is 37.4 Å². The molecule has 0 aliphatic heterocycles. The Bertz CT molecular complexity index is 727. The molecule has 6 nitrogen and oxygen atoms in total. The van der Waals surface area contributed by atoms with E-state index in [2.05, 4.69) is 15.1 Å². The predicted molar refractivity (Wildman–Crippen MR) is 77.7 cm³/mol. The van der Waals surface area contributed by atoms with Gasteiger partial charge in [-0.05, 0) is 18.2 Å². The molecule has 0 bridgehead atoms. The maximum absolute atomic E-state index is 5.44. The molecule has 0 spiro atoms. The van der Waals surface area contributed by atoms with Gasteiger partial charge in [-0.25, -0.2) is 9.67 Å². The highest BCUT2D eigenvalue weighted by molar-refractivity contribution is 5.68. The molecule has 0 aromatic carbocycles.